The molecule has 6 nitrogen and oxygen atoms in total. The predicted molar refractivity (Wildman–Crippen MR) is 102 cm³/mol. The van der Waals surface area contributed by atoms with E-state index in [-0.39, 0.29) is 17.9 Å². The molecule has 1 rings (SSSR count). The SMILES string of the molecule is CCC(=O)N(Cc1ccc(OC)cc1)C(C)C(=O)NCCCOC(C)C. The van der Waals surface area contributed by atoms with E-state index in [2.05, 4.69) is 5.32 Å². The van der Waals surface area contributed by atoms with Gasteiger partial charge in [-0.3, -0.25) is 9.59 Å². The molecule has 0 fully saturated rings. The Kier molecular flexibility index (Phi) is 9.73. The van der Waals surface area contributed by atoms with E-state index in [0.717, 1.165) is 17.7 Å². The third-order valence-corrected chi connectivity index (χ3v) is 4.05. The van der Waals surface area contributed by atoms with Crippen molar-refractivity contribution in [3.63, 3.8) is 0 Å². The molecule has 0 bridgehead atoms. The first-order chi connectivity index (χ1) is 12.4. The maximum absolute atomic E-state index is 12.4. The standard InChI is InChI=1S/C20H32N2O4/c1-6-19(23)22(14-17-8-10-18(25-5)11-9-17)16(4)20(24)21-12-7-13-26-15(2)3/h8-11,15-16H,6-7,12-14H2,1-5H3,(H,21,24). The maximum atomic E-state index is 12.4. The lowest BCUT2D eigenvalue weighted by atomic mass is 10.1. The van der Waals surface area contributed by atoms with Crippen molar-refractivity contribution >= 4 is 11.8 Å². The average Bonchev–Trinajstić information content (AvgIpc) is 2.64. The monoisotopic (exact) mass is 364 g/mol. The van der Waals surface area contributed by atoms with E-state index in [1.165, 1.54) is 0 Å². The molecule has 1 aromatic rings. The van der Waals surface area contributed by atoms with E-state index in [1.807, 2.05) is 38.1 Å². The predicted octanol–water partition coefficient (Wildman–Crippen LogP) is 2.75. The second kappa shape index (κ2) is 11.5. The van der Waals surface area contributed by atoms with Crippen molar-refractivity contribution in [1.29, 1.82) is 0 Å². The van der Waals surface area contributed by atoms with E-state index in [9.17, 15) is 9.59 Å². The highest BCUT2D eigenvalue weighted by Crippen LogP contribution is 2.15. The van der Waals surface area contributed by atoms with E-state index in [0.29, 0.717) is 26.1 Å². The van der Waals surface area contributed by atoms with Crippen molar-refractivity contribution in [2.45, 2.75) is 59.2 Å². The van der Waals surface area contributed by atoms with Gasteiger partial charge < -0.3 is 19.7 Å². The topological polar surface area (TPSA) is 67.9 Å². The van der Waals surface area contributed by atoms with Gasteiger partial charge in [0.2, 0.25) is 11.8 Å². The molecule has 1 aromatic carbocycles. The summed E-state index contributed by atoms with van der Waals surface area (Å²) < 4.78 is 10.6. The number of amides is 2. The normalized spacial score (nSPS) is 11.9. The van der Waals surface area contributed by atoms with E-state index in [1.54, 1.807) is 25.9 Å². The number of hydrogen-bond acceptors (Lipinski definition) is 4. The molecule has 1 atom stereocenters. The summed E-state index contributed by atoms with van der Waals surface area (Å²) in [6, 6.07) is 6.98. The summed E-state index contributed by atoms with van der Waals surface area (Å²) in [5.74, 6) is 0.563. The molecule has 0 saturated heterocycles. The van der Waals surface area contributed by atoms with Gasteiger partial charge in [-0.2, -0.15) is 0 Å². The number of carbonyl (C=O) groups is 2. The van der Waals surface area contributed by atoms with Crippen LogP contribution < -0.4 is 10.1 Å². The Labute approximate surface area is 156 Å². The van der Waals surface area contributed by atoms with Gasteiger partial charge in [0.05, 0.1) is 13.2 Å². The number of methoxy groups -OCH3 is 1. The summed E-state index contributed by atoms with van der Waals surface area (Å²) in [6.45, 7) is 9.06. The third-order valence-electron chi connectivity index (χ3n) is 4.05. The summed E-state index contributed by atoms with van der Waals surface area (Å²) >= 11 is 0. The van der Waals surface area contributed by atoms with Crippen molar-refractivity contribution < 1.29 is 19.1 Å². The van der Waals surface area contributed by atoms with Gasteiger partial charge in [0.15, 0.2) is 0 Å². The summed E-state index contributed by atoms with van der Waals surface area (Å²) in [5, 5.41) is 2.89. The first kappa shape index (κ1) is 22.0. The zero-order valence-corrected chi connectivity index (χ0v) is 16.6. The summed E-state index contributed by atoms with van der Waals surface area (Å²) in [7, 11) is 1.61. The van der Waals surface area contributed by atoms with Gasteiger partial charge in [0.1, 0.15) is 11.8 Å². The first-order valence-corrected chi connectivity index (χ1v) is 9.20. The Morgan fingerprint density at radius 2 is 1.81 bits per heavy atom. The Morgan fingerprint density at radius 3 is 2.35 bits per heavy atom. The largest absolute Gasteiger partial charge is 0.497 e. The first-order valence-electron chi connectivity index (χ1n) is 9.20. The van der Waals surface area contributed by atoms with Gasteiger partial charge in [-0.15, -0.1) is 0 Å². The van der Waals surface area contributed by atoms with E-state index < -0.39 is 6.04 Å². The fourth-order valence-corrected chi connectivity index (χ4v) is 2.46. The molecule has 0 spiro atoms. The molecule has 0 aliphatic heterocycles. The molecular formula is C20H32N2O4. The molecular weight excluding hydrogens is 332 g/mol. The average molecular weight is 364 g/mol. The number of hydrogen-bond donors (Lipinski definition) is 1. The van der Waals surface area contributed by atoms with Crippen LogP contribution in [0.5, 0.6) is 5.75 Å². The van der Waals surface area contributed by atoms with Gasteiger partial charge in [0, 0.05) is 26.1 Å². The molecule has 0 saturated carbocycles. The molecule has 0 radical (unpaired) electrons. The highest BCUT2D eigenvalue weighted by atomic mass is 16.5. The molecule has 0 aromatic heterocycles. The molecule has 146 valence electrons. The lowest BCUT2D eigenvalue weighted by Gasteiger charge is -2.28. The van der Waals surface area contributed by atoms with Gasteiger partial charge in [-0.05, 0) is 44.9 Å². The lowest BCUT2D eigenvalue weighted by Crippen LogP contribution is -2.47. The van der Waals surface area contributed by atoms with Gasteiger partial charge in [-0.1, -0.05) is 19.1 Å². The molecule has 2 amide bonds. The number of rotatable bonds is 11. The maximum Gasteiger partial charge on any atom is 0.242 e. The summed E-state index contributed by atoms with van der Waals surface area (Å²) in [4.78, 5) is 26.4. The summed E-state index contributed by atoms with van der Waals surface area (Å²) in [6.07, 6.45) is 1.29. The van der Waals surface area contributed by atoms with Crippen LogP contribution in [0.3, 0.4) is 0 Å². The number of nitrogens with one attached hydrogen (secondary N) is 1. The van der Waals surface area contributed by atoms with Gasteiger partial charge in [0.25, 0.3) is 0 Å². The fourth-order valence-electron chi connectivity index (χ4n) is 2.46. The van der Waals surface area contributed by atoms with E-state index in [4.69, 9.17) is 9.47 Å². The van der Waals surface area contributed by atoms with E-state index >= 15 is 0 Å². The molecule has 0 aliphatic carbocycles. The second-order valence-corrected chi connectivity index (χ2v) is 6.46. The van der Waals surface area contributed by atoms with Crippen LogP contribution in [0.25, 0.3) is 0 Å². The Bertz CT molecular complexity index is 557. The second-order valence-electron chi connectivity index (χ2n) is 6.46. The Morgan fingerprint density at radius 1 is 1.15 bits per heavy atom. The number of benzene rings is 1. The molecule has 26 heavy (non-hydrogen) atoms. The lowest BCUT2D eigenvalue weighted by molar-refractivity contribution is -0.140. The van der Waals surface area contributed by atoms with Crippen LogP contribution in [-0.2, 0) is 20.9 Å². The van der Waals surface area contributed by atoms with Gasteiger partial charge >= 0.3 is 0 Å². The third kappa shape index (κ3) is 7.44. The van der Waals surface area contributed by atoms with Crippen LogP contribution in [0.4, 0.5) is 0 Å². The van der Waals surface area contributed by atoms with Crippen LogP contribution >= 0.6 is 0 Å². The van der Waals surface area contributed by atoms with Crippen LogP contribution in [0.15, 0.2) is 24.3 Å². The van der Waals surface area contributed by atoms with Crippen molar-refractivity contribution in [1.82, 2.24) is 10.2 Å². The van der Waals surface area contributed by atoms with Crippen molar-refractivity contribution in [2.75, 3.05) is 20.3 Å². The van der Waals surface area contributed by atoms with Gasteiger partial charge in [-0.25, -0.2) is 0 Å². The smallest absolute Gasteiger partial charge is 0.242 e. The Balaban J connectivity index is 2.62. The molecule has 0 aliphatic rings. The van der Waals surface area contributed by atoms with Crippen molar-refractivity contribution in [3.05, 3.63) is 29.8 Å². The van der Waals surface area contributed by atoms with Crippen LogP contribution in [0.1, 0.15) is 46.1 Å². The number of nitrogens with zero attached hydrogens (tertiary/aromatic N) is 1. The van der Waals surface area contributed by atoms with Crippen LogP contribution in [0.2, 0.25) is 0 Å². The van der Waals surface area contributed by atoms with Crippen LogP contribution in [0, 0.1) is 0 Å². The number of carbonyl (C=O) groups excluding carboxylic acids is 2. The minimum absolute atomic E-state index is 0.0494. The summed E-state index contributed by atoms with van der Waals surface area (Å²) in [5.41, 5.74) is 0.956. The fraction of sp³-hybridized carbons (Fsp3) is 0.600. The van der Waals surface area contributed by atoms with Crippen LogP contribution in [-0.4, -0.2) is 49.1 Å². The van der Waals surface area contributed by atoms with Crippen molar-refractivity contribution in [3.8, 4) is 5.75 Å². The zero-order chi connectivity index (χ0) is 19.5. The Hall–Kier alpha value is -2.08. The minimum atomic E-state index is -0.532. The quantitative estimate of drug-likeness (QED) is 0.613. The number of ether oxygens (including phenoxy) is 2. The molecule has 0 heterocycles. The highest BCUT2D eigenvalue weighted by molar-refractivity contribution is 5.87. The minimum Gasteiger partial charge on any atom is -0.497 e. The van der Waals surface area contributed by atoms with Crippen molar-refractivity contribution in [2.24, 2.45) is 0 Å². The molecule has 6 heteroatoms. The zero-order valence-electron chi connectivity index (χ0n) is 16.6. The highest BCUT2D eigenvalue weighted by Gasteiger charge is 2.24. The molecule has 1 N–H and O–H groups in total. The molecule has 1 unspecified atom stereocenters.